The standard InChI is InChI=1S/C14H13BrN2OS/c1-9-16-6-12(15)14(18)17(9)7-10-8-19-13-5-3-2-4-11(10)13/h2-6,10H,7-8H2,1H3. The molecule has 3 rings (SSSR count). The second-order valence-corrected chi connectivity index (χ2v) is 6.53. The van der Waals surface area contributed by atoms with E-state index in [-0.39, 0.29) is 5.56 Å². The molecule has 2 aromatic rings. The Morgan fingerprint density at radius 1 is 1.47 bits per heavy atom. The Bertz CT molecular complexity index is 683. The summed E-state index contributed by atoms with van der Waals surface area (Å²) in [6, 6.07) is 8.43. The van der Waals surface area contributed by atoms with Crippen molar-refractivity contribution in [3.05, 3.63) is 56.7 Å². The van der Waals surface area contributed by atoms with Gasteiger partial charge in [0.1, 0.15) is 10.3 Å². The minimum Gasteiger partial charge on any atom is -0.295 e. The lowest BCUT2D eigenvalue weighted by molar-refractivity contribution is 0.560. The molecule has 1 aromatic carbocycles. The summed E-state index contributed by atoms with van der Waals surface area (Å²) >= 11 is 5.12. The molecule has 1 aliphatic heterocycles. The maximum atomic E-state index is 12.2. The zero-order valence-electron chi connectivity index (χ0n) is 10.5. The number of hydrogen-bond donors (Lipinski definition) is 0. The van der Waals surface area contributed by atoms with Gasteiger partial charge in [-0.25, -0.2) is 4.98 Å². The highest BCUT2D eigenvalue weighted by Crippen LogP contribution is 2.39. The van der Waals surface area contributed by atoms with Crippen molar-refractivity contribution in [2.75, 3.05) is 5.75 Å². The Labute approximate surface area is 124 Å². The van der Waals surface area contributed by atoms with E-state index in [1.165, 1.54) is 10.5 Å². The molecule has 1 aromatic heterocycles. The Balaban J connectivity index is 1.96. The summed E-state index contributed by atoms with van der Waals surface area (Å²) in [5.74, 6) is 2.17. The largest absolute Gasteiger partial charge is 0.295 e. The van der Waals surface area contributed by atoms with Crippen molar-refractivity contribution in [3.63, 3.8) is 0 Å². The summed E-state index contributed by atoms with van der Waals surface area (Å²) in [6.45, 7) is 2.57. The summed E-state index contributed by atoms with van der Waals surface area (Å²) in [5.41, 5.74) is 1.35. The van der Waals surface area contributed by atoms with E-state index in [0.29, 0.717) is 16.9 Å². The van der Waals surface area contributed by atoms with Gasteiger partial charge < -0.3 is 0 Å². The predicted octanol–water partition coefficient (Wildman–Crippen LogP) is 3.20. The highest BCUT2D eigenvalue weighted by molar-refractivity contribution is 9.10. The zero-order valence-corrected chi connectivity index (χ0v) is 12.9. The van der Waals surface area contributed by atoms with Crippen LogP contribution in [-0.4, -0.2) is 15.3 Å². The number of aromatic nitrogens is 2. The molecule has 19 heavy (non-hydrogen) atoms. The summed E-state index contributed by atoms with van der Waals surface area (Å²) in [6.07, 6.45) is 1.57. The quantitative estimate of drug-likeness (QED) is 0.844. The van der Waals surface area contributed by atoms with Crippen molar-refractivity contribution in [2.24, 2.45) is 0 Å². The van der Waals surface area contributed by atoms with Gasteiger partial charge in [0.2, 0.25) is 0 Å². The van der Waals surface area contributed by atoms with E-state index in [0.717, 1.165) is 11.6 Å². The molecule has 1 atom stereocenters. The van der Waals surface area contributed by atoms with Crippen molar-refractivity contribution < 1.29 is 0 Å². The molecule has 0 N–H and O–H groups in total. The molecular weight excluding hydrogens is 324 g/mol. The average Bonchev–Trinajstić information content (AvgIpc) is 2.83. The van der Waals surface area contributed by atoms with Crippen LogP contribution in [0.25, 0.3) is 0 Å². The number of hydrogen-bond acceptors (Lipinski definition) is 3. The molecule has 0 fully saturated rings. The molecule has 0 radical (unpaired) electrons. The maximum Gasteiger partial charge on any atom is 0.267 e. The van der Waals surface area contributed by atoms with Crippen molar-refractivity contribution >= 4 is 27.7 Å². The average molecular weight is 337 g/mol. The fraction of sp³-hybridized carbons (Fsp3) is 0.286. The van der Waals surface area contributed by atoms with E-state index in [2.05, 4.69) is 45.2 Å². The van der Waals surface area contributed by atoms with Gasteiger partial charge >= 0.3 is 0 Å². The summed E-state index contributed by atoms with van der Waals surface area (Å²) in [5, 5.41) is 0. The second-order valence-electron chi connectivity index (χ2n) is 4.61. The van der Waals surface area contributed by atoms with E-state index >= 15 is 0 Å². The molecule has 1 unspecified atom stereocenters. The van der Waals surface area contributed by atoms with Crippen molar-refractivity contribution in [2.45, 2.75) is 24.3 Å². The first kappa shape index (κ1) is 12.9. The van der Waals surface area contributed by atoms with Crippen molar-refractivity contribution in [1.82, 2.24) is 9.55 Å². The minimum absolute atomic E-state index is 0.00174. The predicted molar refractivity (Wildman–Crippen MR) is 80.8 cm³/mol. The SMILES string of the molecule is Cc1ncc(Br)c(=O)n1CC1CSc2ccccc21. The number of halogens is 1. The van der Waals surface area contributed by atoms with Crippen LogP contribution in [-0.2, 0) is 6.54 Å². The van der Waals surface area contributed by atoms with Gasteiger partial charge in [0.05, 0.1) is 0 Å². The Kier molecular flexibility index (Phi) is 3.50. The van der Waals surface area contributed by atoms with Gasteiger partial charge in [0.25, 0.3) is 5.56 Å². The van der Waals surface area contributed by atoms with Gasteiger partial charge in [0.15, 0.2) is 0 Å². The third-order valence-corrected chi connectivity index (χ3v) is 5.20. The van der Waals surface area contributed by atoms with Gasteiger partial charge in [-0.05, 0) is 34.5 Å². The highest BCUT2D eigenvalue weighted by Gasteiger charge is 2.24. The van der Waals surface area contributed by atoms with Gasteiger partial charge in [-0.15, -0.1) is 11.8 Å². The molecule has 98 valence electrons. The number of aryl methyl sites for hydroxylation is 1. The highest BCUT2D eigenvalue weighted by atomic mass is 79.9. The van der Waals surface area contributed by atoms with Crippen LogP contribution in [0.2, 0.25) is 0 Å². The first-order valence-corrected chi connectivity index (χ1v) is 7.88. The lowest BCUT2D eigenvalue weighted by Crippen LogP contribution is -2.26. The van der Waals surface area contributed by atoms with Crippen LogP contribution in [0.15, 0.2) is 44.6 Å². The molecule has 0 bridgehead atoms. The van der Waals surface area contributed by atoms with Gasteiger partial charge in [-0.3, -0.25) is 9.36 Å². The lowest BCUT2D eigenvalue weighted by Gasteiger charge is -2.15. The number of thioether (sulfide) groups is 1. The fourth-order valence-electron chi connectivity index (χ4n) is 2.37. The number of fused-ring (bicyclic) bond motifs is 1. The molecule has 2 heterocycles. The van der Waals surface area contributed by atoms with Crippen molar-refractivity contribution in [3.8, 4) is 0 Å². The van der Waals surface area contributed by atoms with Crippen LogP contribution in [0.3, 0.4) is 0 Å². The Morgan fingerprint density at radius 2 is 2.26 bits per heavy atom. The normalized spacial score (nSPS) is 17.5. The Morgan fingerprint density at radius 3 is 3.11 bits per heavy atom. The number of benzene rings is 1. The first-order valence-electron chi connectivity index (χ1n) is 6.10. The molecule has 1 aliphatic rings. The monoisotopic (exact) mass is 336 g/mol. The molecule has 5 heteroatoms. The van der Waals surface area contributed by atoms with Crippen LogP contribution in [0.1, 0.15) is 17.3 Å². The number of nitrogens with zero attached hydrogens (tertiary/aromatic N) is 2. The second kappa shape index (κ2) is 5.13. The lowest BCUT2D eigenvalue weighted by atomic mass is 10.0. The van der Waals surface area contributed by atoms with Gasteiger partial charge in [-0.1, -0.05) is 18.2 Å². The third kappa shape index (κ3) is 2.37. The molecule has 0 saturated heterocycles. The van der Waals surface area contributed by atoms with Crippen LogP contribution in [0.4, 0.5) is 0 Å². The zero-order chi connectivity index (χ0) is 13.4. The smallest absolute Gasteiger partial charge is 0.267 e. The van der Waals surface area contributed by atoms with Crippen LogP contribution in [0, 0.1) is 6.92 Å². The summed E-state index contributed by atoms with van der Waals surface area (Å²) in [7, 11) is 0. The molecule has 0 aliphatic carbocycles. The van der Waals surface area contributed by atoms with Crippen LogP contribution in [0.5, 0.6) is 0 Å². The first-order chi connectivity index (χ1) is 9.16. The van der Waals surface area contributed by atoms with E-state index in [1.54, 1.807) is 10.8 Å². The maximum absolute atomic E-state index is 12.2. The fourth-order valence-corrected chi connectivity index (χ4v) is 3.93. The summed E-state index contributed by atoms with van der Waals surface area (Å²) < 4.78 is 2.29. The topological polar surface area (TPSA) is 34.9 Å². The van der Waals surface area contributed by atoms with E-state index in [4.69, 9.17) is 0 Å². The van der Waals surface area contributed by atoms with Gasteiger partial charge in [-0.2, -0.15) is 0 Å². The molecule has 0 spiro atoms. The molecule has 0 saturated carbocycles. The van der Waals surface area contributed by atoms with Crippen molar-refractivity contribution in [1.29, 1.82) is 0 Å². The Hall–Kier alpha value is -1.07. The minimum atomic E-state index is 0.00174. The molecule has 0 amide bonds. The van der Waals surface area contributed by atoms with E-state index in [1.807, 2.05) is 18.7 Å². The third-order valence-electron chi connectivity index (χ3n) is 3.41. The van der Waals surface area contributed by atoms with E-state index < -0.39 is 0 Å². The van der Waals surface area contributed by atoms with E-state index in [9.17, 15) is 4.79 Å². The number of rotatable bonds is 2. The molecule has 3 nitrogen and oxygen atoms in total. The van der Waals surface area contributed by atoms with Crippen LogP contribution < -0.4 is 5.56 Å². The van der Waals surface area contributed by atoms with Crippen LogP contribution >= 0.6 is 27.7 Å². The molecular formula is C14H13BrN2OS. The summed E-state index contributed by atoms with van der Waals surface area (Å²) in [4.78, 5) is 17.7. The van der Waals surface area contributed by atoms with Gasteiger partial charge in [0, 0.05) is 29.3 Å².